The van der Waals surface area contributed by atoms with Crippen molar-refractivity contribution in [3.05, 3.63) is 62.6 Å². The normalized spacial score (nSPS) is 12.4. The molecule has 2 aromatic rings. The second kappa shape index (κ2) is 7.48. The number of halogens is 2. The lowest BCUT2D eigenvalue weighted by Gasteiger charge is -2.28. The molecule has 1 N–H and O–H groups in total. The van der Waals surface area contributed by atoms with Crippen LogP contribution in [0.4, 0.5) is 11.4 Å². The number of aliphatic carboxylic acids is 1. The minimum absolute atomic E-state index is 0.118. The number of nitro benzene ring substituents is 1. The number of carboxylic acid groups (broad SMARTS) is 1. The van der Waals surface area contributed by atoms with Crippen molar-refractivity contribution in [2.24, 2.45) is 0 Å². The lowest BCUT2D eigenvalue weighted by Crippen LogP contribution is -2.43. The van der Waals surface area contributed by atoms with Crippen LogP contribution in [0, 0.1) is 10.1 Å². The van der Waals surface area contributed by atoms with E-state index in [0.29, 0.717) is 4.31 Å². The number of sulfonamides is 1. The zero-order chi connectivity index (χ0) is 19.6. The van der Waals surface area contributed by atoms with Crippen LogP contribution in [0.25, 0.3) is 0 Å². The van der Waals surface area contributed by atoms with E-state index in [1.54, 1.807) is 0 Å². The van der Waals surface area contributed by atoms with Gasteiger partial charge in [-0.15, -0.1) is 0 Å². The van der Waals surface area contributed by atoms with E-state index in [0.717, 1.165) is 19.1 Å². The van der Waals surface area contributed by atoms with Gasteiger partial charge in [0.2, 0.25) is 0 Å². The molecule has 0 saturated heterocycles. The molecule has 2 rings (SSSR count). The summed E-state index contributed by atoms with van der Waals surface area (Å²) in [4.78, 5) is 21.2. The molecule has 11 heteroatoms. The van der Waals surface area contributed by atoms with Crippen LogP contribution < -0.4 is 4.31 Å². The third-order valence-corrected chi connectivity index (χ3v) is 5.92. The highest BCUT2D eigenvalue weighted by molar-refractivity contribution is 7.93. The van der Waals surface area contributed by atoms with Gasteiger partial charge in [0, 0.05) is 11.1 Å². The van der Waals surface area contributed by atoms with Gasteiger partial charge in [-0.2, -0.15) is 0 Å². The van der Waals surface area contributed by atoms with Crippen LogP contribution in [0.2, 0.25) is 10.0 Å². The Labute approximate surface area is 158 Å². The van der Waals surface area contributed by atoms with Crippen molar-refractivity contribution in [3.63, 3.8) is 0 Å². The van der Waals surface area contributed by atoms with Gasteiger partial charge in [0.1, 0.15) is 6.04 Å². The predicted octanol–water partition coefficient (Wildman–Crippen LogP) is 3.57. The van der Waals surface area contributed by atoms with Crippen molar-refractivity contribution >= 4 is 50.6 Å². The second-order valence-electron chi connectivity index (χ2n) is 5.14. The Bertz CT molecular complexity index is 980. The average molecular weight is 419 g/mol. The highest BCUT2D eigenvalue weighted by Gasteiger charge is 2.38. The number of nitrogens with zero attached hydrogens (tertiary/aromatic N) is 2. The molecule has 0 amide bonds. The maximum atomic E-state index is 13.1. The molecule has 0 heterocycles. The quantitative estimate of drug-likeness (QED) is 0.565. The molecule has 0 spiro atoms. The zero-order valence-electron chi connectivity index (χ0n) is 13.2. The summed E-state index contributed by atoms with van der Waals surface area (Å²) in [6, 6.07) is 6.87. The number of anilines is 1. The molecule has 0 aromatic heterocycles. The van der Waals surface area contributed by atoms with Gasteiger partial charge in [-0.1, -0.05) is 35.3 Å². The molecular formula is C15H12Cl2N2O6S. The predicted molar refractivity (Wildman–Crippen MR) is 96.3 cm³/mol. The second-order valence-corrected chi connectivity index (χ2v) is 7.76. The van der Waals surface area contributed by atoms with Crippen molar-refractivity contribution in [1.29, 1.82) is 0 Å². The molecule has 0 aliphatic heterocycles. The van der Waals surface area contributed by atoms with Crippen molar-refractivity contribution in [2.45, 2.75) is 17.9 Å². The fraction of sp³-hybridized carbons (Fsp3) is 0.133. The first-order valence-electron chi connectivity index (χ1n) is 7.03. The lowest BCUT2D eigenvalue weighted by molar-refractivity contribution is -0.387. The van der Waals surface area contributed by atoms with Gasteiger partial charge in [0.05, 0.1) is 15.6 Å². The first-order valence-corrected chi connectivity index (χ1v) is 9.22. The lowest BCUT2D eigenvalue weighted by atomic mass is 10.2. The molecule has 138 valence electrons. The monoisotopic (exact) mass is 418 g/mol. The van der Waals surface area contributed by atoms with Crippen LogP contribution in [-0.4, -0.2) is 30.5 Å². The van der Waals surface area contributed by atoms with Gasteiger partial charge in [-0.25, -0.2) is 13.2 Å². The Morgan fingerprint density at radius 1 is 1.23 bits per heavy atom. The van der Waals surface area contributed by atoms with E-state index >= 15 is 0 Å². The number of carbonyl (C=O) groups is 1. The fourth-order valence-corrected chi connectivity index (χ4v) is 4.58. The molecular weight excluding hydrogens is 407 g/mol. The minimum Gasteiger partial charge on any atom is -0.480 e. The number of rotatable bonds is 6. The third-order valence-electron chi connectivity index (χ3n) is 3.46. The van der Waals surface area contributed by atoms with Crippen molar-refractivity contribution < 1.29 is 23.2 Å². The van der Waals surface area contributed by atoms with Crippen LogP contribution in [0.1, 0.15) is 6.92 Å². The van der Waals surface area contributed by atoms with Crippen LogP contribution in [0.3, 0.4) is 0 Å². The van der Waals surface area contributed by atoms with Gasteiger partial charge >= 0.3 is 5.97 Å². The van der Waals surface area contributed by atoms with Gasteiger partial charge < -0.3 is 5.11 Å². The smallest absolute Gasteiger partial charge is 0.327 e. The maximum Gasteiger partial charge on any atom is 0.327 e. The molecule has 0 bridgehead atoms. The Kier molecular flexibility index (Phi) is 5.74. The summed E-state index contributed by atoms with van der Waals surface area (Å²) >= 11 is 11.9. The molecule has 0 aliphatic rings. The first kappa shape index (κ1) is 20.0. The number of para-hydroxylation sites is 1. The molecule has 0 aliphatic carbocycles. The van der Waals surface area contributed by atoms with Crippen LogP contribution >= 0.6 is 23.2 Å². The third kappa shape index (κ3) is 3.74. The number of benzene rings is 2. The number of carboxylic acids is 1. The summed E-state index contributed by atoms with van der Waals surface area (Å²) in [5, 5.41) is 20.6. The number of hydrogen-bond acceptors (Lipinski definition) is 5. The van der Waals surface area contributed by atoms with Gasteiger partial charge in [-0.05, 0) is 31.2 Å². The summed E-state index contributed by atoms with van der Waals surface area (Å²) < 4.78 is 26.7. The average Bonchev–Trinajstić information content (AvgIpc) is 2.56. The summed E-state index contributed by atoms with van der Waals surface area (Å²) in [5.74, 6) is -1.46. The molecule has 1 atom stereocenters. The van der Waals surface area contributed by atoms with E-state index in [9.17, 15) is 28.4 Å². The Hall–Kier alpha value is -2.36. The molecule has 0 fully saturated rings. The van der Waals surface area contributed by atoms with Gasteiger partial charge in [0.25, 0.3) is 15.7 Å². The van der Waals surface area contributed by atoms with Gasteiger partial charge in [-0.3, -0.25) is 14.4 Å². The van der Waals surface area contributed by atoms with Crippen LogP contribution in [0.5, 0.6) is 0 Å². The Morgan fingerprint density at radius 3 is 2.38 bits per heavy atom. The highest BCUT2D eigenvalue weighted by atomic mass is 35.5. The van der Waals surface area contributed by atoms with E-state index in [-0.39, 0.29) is 15.7 Å². The van der Waals surface area contributed by atoms with Crippen molar-refractivity contribution in [2.75, 3.05) is 4.31 Å². The summed E-state index contributed by atoms with van der Waals surface area (Å²) in [5.41, 5.74) is -0.843. The summed E-state index contributed by atoms with van der Waals surface area (Å²) in [6.45, 7) is 1.12. The number of hydrogen-bond donors (Lipinski definition) is 1. The Morgan fingerprint density at radius 2 is 1.85 bits per heavy atom. The fourth-order valence-electron chi connectivity index (χ4n) is 2.24. The van der Waals surface area contributed by atoms with E-state index in [2.05, 4.69) is 0 Å². The molecule has 0 radical (unpaired) electrons. The van der Waals surface area contributed by atoms with Crippen LogP contribution in [0.15, 0.2) is 47.4 Å². The van der Waals surface area contributed by atoms with Crippen LogP contribution in [-0.2, 0) is 14.8 Å². The Balaban J connectivity index is 2.77. The maximum absolute atomic E-state index is 13.1. The van der Waals surface area contributed by atoms with Crippen molar-refractivity contribution in [3.8, 4) is 0 Å². The highest BCUT2D eigenvalue weighted by Crippen LogP contribution is 2.36. The largest absolute Gasteiger partial charge is 0.480 e. The molecule has 2 aromatic carbocycles. The SMILES string of the molecule is CC(C(=O)O)N(c1ccc(Cl)cc1Cl)S(=O)(=O)c1ccccc1[N+](=O)[O-]. The molecule has 26 heavy (non-hydrogen) atoms. The topological polar surface area (TPSA) is 118 Å². The first-order chi connectivity index (χ1) is 12.1. The summed E-state index contributed by atoms with van der Waals surface area (Å²) in [7, 11) is -4.63. The molecule has 1 unspecified atom stereocenters. The van der Waals surface area contributed by atoms with E-state index in [4.69, 9.17) is 23.2 Å². The van der Waals surface area contributed by atoms with E-state index in [1.807, 2.05) is 0 Å². The summed E-state index contributed by atoms with van der Waals surface area (Å²) in [6.07, 6.45) is 0. The molecule has 8 nitrogen and oxygen atoms in total. The van der Waals surface area contributed by atoms with E-state index < -0.39 is 37.5 Å². The number of nitro groups is 1. The zero-order valence-corrected chi connectivity index (χ0v) is 15.5. The standard InChI is InChI=1S/C15H12Cl2N2O6S/c1-9(15(20)21)18(12-7-6-10(16)8-11(12)17)26(24,25)14-5-3-2-4-13(14)19(22)23/h2-9H,1H3,(H,20,21). The minimum atomic E-state index is -4.63. The van der Waals surface area contributed by atoms with Gasteiger partial charge in [0.15, 0.2) is 4.90 Å². The molecule has 0 saturated carbocycles. The van der Waals surface area contributed by atoms with E-state index in [1.165, 1.54) is 30.3 Å². The van der Waals surface area contributed by atoms with Crippen molar-refractivity contribution in [1.82, 2.24) is 0 Å².